The Labute approximate surface area is 184 Å². The SMILES string of the molecule is N=C(N)c1ccc(OCCCC(CC(=O)O)(c2cccnc2)N2CCNC(=O)C2=O)cc1. The minimum Gasteiger partial charge on any atom is -0.494 e. The summed E-state index contributed by atoms with van der Waals surface area (Å²) in [6, 6.07) is 10.1. The van der Waals surface area contributed by atoms with Crippen molar-refractivity contribution < 1.29 is 24.2 Å². The normalized spacial score (nSPS) is 15.6. The number of benzene rings is 1. The van der Waals surface area contributed by atoms with Crippen LogP contribution in [0.25, 0.3) is 0 Å². The van der Waals surface area contributed by atoms with E-state index < -0.39 is 23.3 Å². The van der Waals surface area contributed by atoms with Crippen LogP contribution in [0.4, 0.5) is 0 Å². The monoisotopic (exact) mass is 439 g/mol. The summed E-state index contributed by atoms with van der Waals surface area (Å²) in [5.74, 6) is -2.07. The molecule has 1 atom stereocenters. The molecule has 1 fully saturated rings. The Morgan fingerprint density at radius 3 is 2.66 bits per heavy atom. The maximum absolute atomic E-state index is 12.7. The lowest BCUT2D eigenvalue weighted by molar-refractivity contribution is -0.157. The van der Waals surface area contributed by atoms with Crippen LogP contribution in [0.1, 0.15) is 30.4 Å². The van der Waals surface area contributed by atoms with E-state index in [-0.39, 0.29) is 38.4 Å². The van der Waals surface area contributed by atoms with E-state index in [1.54, 1.807) is 42.6 Å². The van der Waals surface area contributed by atoms with Crippen molar-refractivity contribution in [2.45, 2.75) is 24.8 Å². The summed E-state index contributed by atoms with van der Waals surface area (Å²) in [4.78, 5) is 42.0. The van der Waals surface area contributed by atoms with Crippen molar-refractivity contribution in [2.24, 2.45) is 5.73 Å². The van der Waals surface area contributed by atoms with Crippen LogP contribution in [0, 0.1) is 5.41 Å². The Morgan fingerprint density at radius 1 is 1.28 bits per heavy atom. The van der Waals surface area contributed by atoms with Gasteiger partial charge in [0.2, 0.25) is 0 Å². The number of carbonyl (C=O) groups excluding carboxylic acids is 2. The number of hydrogen-bond acceptors (Lipinski definition) is 6. The predicted molar refractivity (Wildman–Crippen MR) is 115 cm³/mol. The van der Waals surface area contributed by atoms with E-state index in [4.69, 9.17) is 15.9 Å². The number of nitrogens with zero attached hydrogens (tertiary/aromatic N) is 2. The summed E-state index contributed by atoms with van der Waals surface area (Å²) in [5.41, 5.74) is 5.34. The zero-order valence-electron chi connectivity index (χ0n) is 17.4. The maximum Gasteiger partial charge on any atom is 0.312 e. The fourth-order valence-corrected chi connectivity index (χ4v) is 3.88. The fraction of sp³-hybridized carbons (Fsp3) is 0.318. The van der Waals surface area contributed by atoms with E-state index in [2.05, 4.69) is 10.3 Å². The molecule has 1 aliphatic heterocycles. The van der Waals surface area contributed by atoms with Gasteiger partial charge in [-0.05, 0) is 48.7 Å². The molecule has 10 nitrogen and oxygen atoms in total. The fourth-order valence-electron chi connectivity index (χ4n) is 3.88. The van der Waals surface area contributed by atoms with Crippen molar-refractivity contribution in [1.82, 2.24) is 15.2 Å². The average molecular weight is 439 g/mol. The number of carboxylic acids is 1. The summed E-state index contributed by atoms with van der Waals surface area (Å²) in [6.07, 6.45) is 3.40. The van der Waals surface area contributed by atoms with Crippen molar-refractivity contribution in [1.29, 1.82) is 5.41 Å². The number of rotatable bonds is 10. The van der Waals surface area contributed by atoms with Gasteiger partial charge in [0.1, 0.15) is 11.6 Å². The number of aliphatic carboxylic acids is 1. The van der Waals surface area contributed by atoms with Crippen LogP contribution < -0.4 is 15.8 Å². The molecule has 1 aromatic heterocycles. The third-order valence-electron chi connectivity index (χ3n) is 5.39. The maximum atomic E-state index is 12.7. The summed E-state index contributed by atoms with van der Waals surface area (Å²) < 4.78 is 5.76. The second kappa shape index (κ2) is 9.90. The van der Waals surface area contributed by atoms with Crippen molar-refractivity contribution in [3.63, 3.8) is 0 Å². The van der Waals surface area contributed by atoms with Crippen LogP contribution in [0.3, 0.4) is 0 Å². The third kappa shape index (κ3) is 5.02. The molecule has 5 N–H and O–H groups in total. The first-order valence-electron chi connectivity index (χ1n) is 10.1. The smallest absolute Gasteiger partial charge is 0.312 e. The summed E-state index contributed by atoms with van der Waals surface area (Å²) in [6.45, 7) is 0.695. The first-order chi connectivity index (χ1) is 15.3. The lowest BCUT2D eigenvalue weighted by Gasteiger charge is -2.45. The number of nitrogens with two attached hydrogens (primary N) is 1. The van der Waals surface area contributed by atoms with Crippen LogP contribution in [0.5, 0.6) is 5.75 Å². The molecule has 0 aliphatic carbocycles. The number of aromatic nitrogens is 1. The molecule has 2 amide bonds. The number of carbonyl (C=O) groups is 3. The Balaban J connectivity index is 1.81. The van der Waals surface area contributed by atoms with Crippen molar-refractivity contribution in [3.8, 4) is 5.75 Å². The summed E-state index contributed by atoms with van der Waals surface area (Å²) in [5, 5.41) is 19.6. The molecule has 168 valence electrons. The van der Waals surface area contributed by atoms with E-state index >= 15 is 0 Å². The van der Waals surface area contributed by atoms with E-state index in [1.165, 1.54) is 11.1 Å². The molecule has 2 aromatic rings. The largest absolute Gasteiger partial charge is 0.494 e. The number of hydrogen-bond donors (Lipinski definition) is 4. The molecule has 1 unspecified atom stereocenters. The highest BCUT2D eigenvalue weighted by Crippen LogP contribution is 2.37. The molecule has 0 bridgehead atoms. The van der Waals surface area contributed by atoms with E-state index in [0.29, 0.717) is 23.3 Å². The zero-order valence-corrected chi connectivity index (χ0v) is 17.4. The van der Waals surface area contributed by atoms with Gasteiger partial charge in [-0.15, -0.1) is 0 Å². The molecule has 1 aromatic carbocycles. The number of nitrogen functional groups attached to an aromatic ring is 1. The standard InChI is InChI=1S/C22H25N5O5/c23-19(24)15-4-6-17(7-5-15)32-12-2-8-22(13-18(28)29,16-3-1-9-25-14-16)27-11-10-26-20(30)21(27)31/h1,3-7,9,14H,2,8,10-13H2,(H3,23,24)(H,26,30)(H,28,29). The van der Waals surface area contributed by atoms with Gasteiger partial charge in [-0.1, -0.05) is 6.07 Å². The van der Waals surface area contributed by atoms with Gasteiger partial charge in [-0.3, -0.25) is 24.8 Å². The molecule has 32 heavy (non-hydrogen) atoms. The highest BCUT2D eigenvalue weighted by atomic mass is 16.5. The summed E-state index contributed by atoms with van der Waals surface area (Å²) >= 11 is 0. The first-order valence-corrected chi connectivity index (χ1v) is 10.1. The molecule has 1 aliphatic rings. The Kier molecular flexibility index (Phi) is 7.04. The molecule has 2 heterocycles. The molecule has 0 saturated carbocycles. The molecule has 0 spiro atoms. The lowest BCUT2D eigenvalue weighted by atomic mass is 9.80. The first kappa shape index (κ1) is 22.7. The van der Waals surface area contributed by atoms with Crippen LogP contribution in [-0.2, 0) is 19.9 Å². The van der Waals surface area contributed by atoms with Crippen LogP contribution in [0.2, 0.25) is 0 Å². The van der Waals surface area contributed by atoms with Gasteiger partial charge >= 0.3 is 17.8 Å². The number of ether oxygens (including phenoxy) is 1. The van der Waals surface area contributed by atoms with E-state index in [1.807, 2.05) is 0 Å². The molecule has 1 saturated heterocycles. The number of piperazine rings is 1. The Bertz CT molecular complexity index is 996. The van der Waals surface area contributed by atoms with Crippen molar-refractivity contribution in [2.75, 3.05) is 19.7 Å². The van der Waals surface area contributed by atoms with Gasteiger partial charge in [0.15, 0.2) is 0 Å². The van der Waals surface area contributed by atoms with E-state index in [0.717, 1.165) is 0 Å². The number of nitrogens with one attached hydrogen (secondary N) is 2. The average Bonchev–Trinajstić information content (AvgIpc) is 2.78. The van der Waals surface area contributed by atoms with Gasteiger partial charge < -0.3 is 25.8 Å². The van der Waals surface area contributed by atoms with Gasteiger partial charge in [0.25, 0.3) is 0 Å². The number of amides is 2. The van der Waals surface area contributed by atoms with Gasteiger partial charge in [-0.2, -0.15) is 0 Å². The van der Waals surface area contributed by atoms with Gasteiger partial charge in [-0.25, -0.2) is 0 Å². The zero-order chi connectivity index (χ0) is 23.1. The van der Waals surface area contributed by atoms with Crippen LogP contribution >= 0.6 is 0 Å². The highest BCUT2D eigenvalue weighted by molar-refractivity contribution is 6.35. The number of pyridine rings is 1. The molecule has 0 radical (unpaired) electrons. The summed E-state index contributed by atoms with van der Waals surface area (Å²) in [7, 11) is 0. The third-order valence-corrected chi connectivity index (χ3v) is 5.39. The number of carboxylic acid groups (broad SMARTS) is 1. The van der Waals surface area contributed by atoms with E-state index in [9.17, 15) is 19.5 Å². The van der Waals surface area contributed by atoms with Crippen molar-refractivity contribution >= 4 is 23.6 Å². The predicted octanol–water partition coefficient (Wildman–Crippen LogP) is 0.853. The highest BCUT2D eigenvalue weighted by Gasteiger charge is 2.46. The second-order valence-corrected chi connectivity index (χ2v) is 7.45. The topological polar surface area (TPSA) is 159 Å². The second-order valence-electron chi connectivity index (χ2n) is 7.45. The molecule has 3 rings (SSSR count). The van der Waals surface area contributed by atoms with Crippen LogP contribution in [0.15, 0.2) is 48.8 Å². The molecular weight excluding hydrogens is 414 g/mol. The lowest BCUT2D eigenvalue weighted by Crippen LogP contribution is -2.60. The van der Waals surface area contributed by atoms with Crippen LogP contribution in [-0.4, -0.2) is 58.3 Å². The minimum atomic E-state index is -1.24. The van der Waals surface area contributed by atoms with Crippen molar-refractivity contribution in [3.05, 3.63) is 59.9 Å². The Morgan fingerprint density at radius 2 is 2.03 bits per heavy atom. The minimum absolute atomic E-state index is 0.0401. The quantitative estimate of drug-likeness (QED) is 0.185. The molecular formula is C22H25N5O5. The number of amidine groups is 1. The van der Waals surface area contributed by atoms with Gasteiger partial charge in [0.05, 0.1) is 18.6 Å². The Hall–Kier alpha value is -3.95. The van der Waals surface area contributed by atoms with Gasteiger partial charge in [0, 0.05) is 31.0 Å². The molecule has 10 heteroatoms.